The van der Waals surface area contributed by atoms with Gasteiger partial charge in [0.1, 0.15) is 0 Å². The van der Waals surface area contributed by atoms with E-state index in [1.54, 1.807) is 0 Å². The molecule has 2 heterocycles. The molecule has 0 aliphatic carbocycles. The first-order valence-corrected chi connectivity index (χ1v) is 11.5. The summed E-state index contributed by atoms with van der Waals surface area (Å²) in [5.41, 5.74) is 2.92. The normalized spacial score (nSPS) is 24.9. The lowest BCUT2D eigenvalue weighted by Gasteiger charge is -2.24. The number of aryl methyl sites for hydroxylation is 1. The summed E-state index contributed by atoms with van der Waals surface area (Å²) in [5, 5.41) is 0.518. The lowest BCUT2D eigenvalue weighted by atomic mass is 10.1. The van der Waals surface area contributed by atoms with Crippen molar-refractivity contribution in [3.05, 3.63) is 65.7 Å². The number of carbonyl (C=O) groups is 1. The summed E-state index contributed by atoms with van der Waals surface area (Å²) in [4.78, 5) is 18.8. The molecule has 4 rings (SSSR count). The van der Waals surface area contributed by atoms with Gasteiger partial charge in [-0.15, -0.1) is 0 Å². The number of fused-ring (bicyclic) bond motifs is 1. The average Bonchev–Trinajstić information content (AvgIpc) is 3.07. The number of benzene rings is 2. The lowest BCUT2D eigenvalue weighted by molar-refractivity contribution is -0.117. The van der Waals surface area contributed by atoms with Crippen molar-refractivity contribution < 1.29 is 13.2 Å². The van der Waals surface area contributed by atoms with Gasteiger partial charge in [-0.25, -0.2) is 8.42 Å². The predicted molar refractivity (Wildman–Crippen MR) is 110 cm³/mol. The first kappa shape index (κ1) is 18.3. The van der Waals surface area contributed by atoms with Gasteiger partial charge in [0.15, 0.2) is 15.0 Å². The van der Waals surface area contributed by atoms with E-state index in [2.05, 4.69) is 4.99 Å². The van der Waals surface area contributed by atoms with Crippen LogP contribution in [0.25, 0.3) is 0 Å². The SMILES string of the molecule is Cc1ccc(N2C(=NC(=O)Cc3ccccc3)S[C@H]3CS(=O)(=O)C[C@@H]32)cc1. The molecule has 0 aromatic heterocycles. The van der Waals surface area contributed by atoms with E-state index in [1.165, 1.54) is 11.8 Å². The van der Waals surface area contributed by atoms with Crippen LogP contribution in [-0.2, 0) is 21.1 Å². The van der Waals surface area contributed by atoms with Gasteiger partial charge in [-0.1, -0.05) is 59.8 Å². The molecule has 2 aromatic rings. The van der Waals surface area contributed by atoms with E-state index < -0.39 is 9.84 Å². The van der Waals surface area contributed by atoms with Crippen molar-refractivity contribution in [3.63, 3.8) is 0 Å². The molecule has 0 unspecified atom stereocenters. The first-order valence-electron chi connectivity index (χ1n) is 8.80. The van der Waals surface area contributed by atoms with Crippen LogP contribution in [0.3, 0.4) is 0 Å². The van der Waals surface area contributed by atoms with Gasteiger partial charge in [-0.05, 0) is 24.6 Å². The van der Waals surface area contributed by atoms with Crippen molar-refractivity contribution in [2.75, 3.05) is 16.4 Å². The highest BCUT2D eigenvalue weighted by Gasteiger charge is 2.49. The predicted octanol–water partition coefficient (Wildman–Crippen LogP) is 2.84. The third-order valence-electron chi connectivity index (χ3n) is 4.80. The number of amidine groups is 1. The molecule has 5 nitrogen and oxygen atoms in total. The number of rotatable bonds is 3. The molecule has 0 spiro atoms. The molecule has 2 aliphatic heterocycles. The standard InChI is InChI=1S/C20H20N2O3S2/c1-14-7-9-16(10-8-14)22-17-12-27(24,25)13-18(17)26-20(22)21-19(23)11-15-5-3-2-4-6-15/h2-10,17-18H,11-13H2,1H3/t17-,18-/m0/s1. The number of thioether (sulfide) groups is 1. The van der Waals surface area contributed by atoms with Crippen LogP contribution in [0.5, 0.6) is 0 Å². The van der Waals surface area contributed by atoms with Crippen molar-refractivity contribution in [1.82, 2.24) is 0 Å². The van der Waals surface area contributed by atoms with E-state index in [9.17, 15) is 13.2 Å². The molecule has 0 N–H and O–H groups in total. The second-order valence-corrected chi connectivity index (χ2v) is 10.3. The minimum atomic E-state index is -3.06. The van der Waals surface area contributed by atoms with Crippen LogP contribution in [0, 0.1) is 6.92 Å². The molecule has 2 aromatic carbocycles. The van der Waals surface area contributed by atoms with E-state index in [4.69, 9.17) is 0 Å². The van der Waals surface area contributed by atoms with Crippen LogP contribution >= 0.6 is 11.8 Å². The Hall–Kier alpha value is -2.12. The molecule has 1 amide bonds. The highest BCUT2D eigenvalue weighted by Crippen LogP contribution is 2.41. The number of carbonyl (C=O) groups excluding carboxylic acids is 1. The van der Waals surface area contributed by atoms with Crippen LogP contribution in [0.1, 0.15) is 11.1 Å². The summed E-state index contributed by atoms with van der Waals surface area (Å²) in [6.45, 7) is 2.00. The van der Waals surface area contributed by atoms with Crippen LogP contribution < -0.4 is 4.90 Å². The zero-order valence-corrected chi connectivity index (χ0v) is 16.5. The number of aliphatic imine (C=N–C) groups is 1. The summed E-state index contributed by atoms with van der Waals surface area (Å²) in [7, 11) is -3.06. The zero-order chi connectivity index (χ0) is 19.0. The van der Waals surface area contributed by atoms with Crippen molar-refractivity contribution in [2.24, 2.45) is 4.99 Å². The molecule has 7 heteroatoms. The van der Waals surface area contributed by atoms with Gasteiger partial charge in [0.2, 0.25) is 0 Å². The summed E-state index contributed by atoms with van der Waals surface area (Å²) in [6, 6.07) is 17.2. The highest BCUT2D eigenvalue weighted by atomic mass is 32.2. The molecule has 2 saturated heterocycles. The molecular weight excluding hydrogens is 380 g/mol. The fourth-order valence-electron chi connectivity index (χ4n) is 3.49. The number of anilines is 1. The number of hydrogen-bond acceptors (Lipinski definition) is 4. The minimum absolute atomic E-state index is 0.0837. The Morgan fingerprint density at radius 1 is 1.11 bits per heavy atom. The fourth-order valence-corrected chi connectivity index (χ4v) is 7.42. The Balaban J connectivity index is 1.64. The zero-order valence-electron chi connectivity index (χ0n) is 14.9. The molecule has 0 saturated carbocycles. The van der Waals surface area contributed by atoms with Crippen molar-refractivity contribution in [2.45, 2.75) is 24.6 Å². The fraction of sp³-hybridized carbons (Fsp3) is 0.300. The molecule has 2 fully saturated rings. The Bertz CT molecular complexity index is 986. The Morgan fingerprint density at radius 3 is 2.52 bits per heavy atom. The molecule has 0 radical (unpaired) electrons. The van der Waals surface area contributed by atoms with Gasteiger partial charge in [0.25, 0.3) is 5.91 Å². The Labute approximate surface area is 163 Å². The highest BCUT2D eigenvalue weighted by molar-refractivity contribution is 8.16. The summed E-state index contributed by atoms with van der Waals surface area (Å²) in [5.74, 6) is 0.0183. The largest absolute Gasteiger partial charge is 0.316 e. The maximum absolute atomic E-state index is 12.5. The van der Waals surface area contributed by atoms with E-state index in [0.29, 0.717) is 5.17 Å². The molecule has 0 bridgehead atoms. The van der Waals surface area contributed by atoms with E-state index in [-0.39, 0.29) is 35.1 Å². The van der Waals surface area contributed by atoms with Gasteiger partial charge in [-0.3, -0.25) is 4.79 Å². The Morgan fingerprint density at radius 2 is 1.81 bits per heavy atom. The molecular formula is C20H20N2O3S2. The maximum Gasteiger partial charge on any atom is 0.252 e. The van der Waals surface area contributed by atoms with E-state index in [1.807, 2.05) is 66.4 Å². The number of sulfone groups is 1. The number of hydrogen-bond donors (Lipinski definition) is 0. The lowest BCUT2D eigenvalue weighted by Crippen LogP contribution is -2.37. The van der Waals surface area contributed by atoms with Gasteiger partial charge in [-0.2, -0.15) is 4.99 Å². The van der Waals surface area contributed by atoms with Crippen LogP contribution in [0.4, 0.5) is 5.69 Å². The maximum atomic E-state index is 12.5. The third-order valence-corrected chi connectivity index (χ3v) is 8.01. The quantitative estimate of drug-likeness (QED) is 0.793. The van der Waals surface area contributed by atoms with Crippen molar-refractivity contribution in [3.8, 4) is 0 Å². The van der Waals surface area contributed by atoms with Crippen LogP contribution in [0.15, 0.2) is 59.6 Å². The molecule has 140 valence electrons. The topological polar surface area (TPSA) is 66.8 Å². The number of nitrogens with zero attached hydrogens (tertiary/aromatic N) is 2. The van der Waals surface area contributed by atoms with Gasteiger partial charge < -0.3 is 4.90 Å². The second-order valence-electron chi connectivity index (χ2n) is 6.96. The first-order chi connectivity index (χ1) is 12.9. The Kier molecular flexibility index (Phi) is 4.82. The van der Waals surface area contributed by atoms with Crippen LogP contribution in [0.2, 0.25) is 0 Å². The van der Waals surface area contributed by atoms with Gasteiger partial charge in [0.05, 0.1) is 24.0 Å². The number of amides is 1. The van der Waals surface area contributed by atoms with Gasteiger partial charge in [0, 0.05) is 10.9 Å². The second kappa shape index (κ2) is 7.13. The molecule has 2 aliphatic rings. The smallest absolute Gasteiger partial charge is 0.252 e. The molecule has 2 atom stereocenters. The monoisotopic (exact) mass is 400 g/mol. The van der Waals surface area contributed by atoms with Crippen molar-refractivity contribution >= 4 is 38.4 Å². The van der Waals surface area contributed by atoms with Crippen LogP contribution in [-0.4, -0.2) is 42.3 Å². The minimum Gasteiger partial charge on any atom is -0.316 e. The summed E-state index contributed by atoms with van der Waals surface area (Å²) < 4.78 is 24.2. The summed E-state index contributed by atoms with van der Waals surface area (Å²) >= 11 is 1.41. The van der Waals surface area contributed by atoms with Crippen molar-refractivity contribution in [1.29, 1.82) is 0 Å². The third kappa shape index (κ3) is 3.94. The van der Waals surface area contributed by atoms with E-state index in [0.717, 1.165) is 16.8 Å². The average molecular weight is 401 g/mol. The van der Waals surface area contributed by atoms with Gasteiger partial charge >= 0.3 is 0 Å². The molecule has 27 heavy (non-hydrogen) atoms. The summed E-state index contributed by atoms with van der Waals surface area (Å²) in [6.07, 6.45) is 0.236. The van der Waals surface area contributed by atoms with E-state index >= 15 is 0 Å².